The van der Waals surface area contributed by atoms with Gasteiger partial charge in [-0.2, -0.15) is 0 Å². The molecule has 2 amide bonds. The van der Waals surface area contributed by atoms with Crippen LogP contribution in [-0.2, 0) is 14.4 Å². The fraction of sp³-hybridized carbons (Fsp3) is 0.500. The summed E-state index contributed by atoms with van der Waals surface area (Å²) >= 11 is 0. The number of Topliss-reactive ketones (excluding diaryl/α,β-unsaturated/α-hetero) is 1. The number of rotatable bonds is 10. The summed E-state index contributed by atoms with van der Waals surface area (Å²) in [6.07, 6.45) is -0.762. The lowest BCUT2D eigenvalue weighted by Crippen LogP contribution is -2.57. The van der Waals surface area contributed by atoms with Gasteiger partial charge in [-0.15, -0.1) is 0 Å². The Balaban J connectivity index is 2.91. The van der Waals surface area contributed by atoms with Crippen LogP contribution in [0.15, 0.2) is 30.3 Å². The van der Waals surface area contributed by atoms with Crippen molar-refractivity contribution in [1.29, 1.82) is 0 Å². The highest BCUT2D eigenvalue weighted by Crippen LogP contribution is 2.19. The normalized spacial score (nSPS) is 15.4. The first-order chi connectivity index (χ1) is 12.3. The molecule has 8 heteroatoms. The molecule has 8 nitrogen and oxygen atoms in total. The van der Waals surface area contributed by atoms with Crippen LogP contribution in [0, 0.1) is 0 Å². The maximum atomic E-state index is 12.7. The average molecular weight is 364 g/mol. The van der Waals surface area contributed by atoms with Crippen molar-refractivity contribution in [3.05, 3.63) is 35.9 Å². The SMILES string of the molecule is CC(=O)[C@H](CN)NC(=O)[C@@H](NC(=O)C(CCN)c1ccccc1)C(C)O. The van der Waals surface area contributed by atoms with E-state index in [4.69, 9.17) is 11.5 Å². The molecule has 0 aromatic heterocycles. The number of carbonyl (C=O) groups excluding carboxylic acids is 3. The van der Waals surface area contributed by atoms with Gasteiger partial charge in [0.25, 0.3) is 0 Å². The molecular weight excluding hydrogens is 336 g/mol. The zero-order valence-corrected chi connectivity index (χ0v) is 15.1. The Morgan fingerprint density at radius 1 is 1.08 bits per heavy atom. The van der Waals surface area contributed by atoms with Crippen LogP contribution in [0.1, 0.15) is 31.7 Å². The molecule has 7 N–H and O–H groups in total. The fourth-order valence-corrected chi connectivity index (χ4v) is 2.55. The Kier molecular flexibility index (Phi) is 8.91. The number of aliphatic hydroxyl groups is 1. The second kappa shape index (κ2) is 10.6. The Labute approximate surface area is 153 Å². The van der Waals surface area contributed by atoms with Crippen molar-refractivity contribution in [2.24, 2.45) is 11.5 Å². The third-order valence-electron chi connectivity index (χ3n) is 4.08. The third kappa shape index (κ3) is 6.21. The number of nitrogens with two attached hydrogens (primary N) is 2. The lowest BCUT2D eigenvalue weighted by Gasteiger charge is -2.25. The standard InChI is InChI=1S/C18H28N4O4/c1-11(23)15(10-20)21-18(26)16(12(2)24)22-17(25)14(8-9-19)13-6-4-3-5-7-13/h3-7,12,14-16,24H,8-10,19-20H2,1-2H3,(H,21,26)(H,22,25)/t12?,14?,15-,16-/m0/s1. The number of ketones is 1. The largest absolute Gasteiger partial charge is 0.391 e. The molecule has 1 aromatic rings. The van der Waals surface area contributed by atoms with E-state index in [2.05, 4.69) is 10.6 Å². The minimum atomic E-state index is -1.21. The van der Waals surface area contributed by atoms with Crippen LogP contribution in [0.3, 0.4) is 0 Å². The van der Waals surface area contributed by atoms with Crippen molar-refractivity contribution in [3.63, 3.8) is 0 Å². The molecule has 2 unspecified atom stereocenters. The van der Waals surface area contributed by atoms with Crippen LogP contribution in [0.2, 0.25) is 0 Å². The predicted molar refractivity (Wildman–Crippen MR) is 98.1 cm³/mol. The van der Waals surface area contributed by atoms with Gasteiger partial charge in [0.2, 0.25) is 11.8 Å². The summed E-state index contributed by atoms with van der Waals surface area (Å²) < 4.78 is 0. The number of nitrogens with one attached hydrogen (secondary N) is 2. The van der Waals surface area contributed by atoms with E-state index in [0.717, 1.165) is 5.56 Å². The first-order valence-corrected chi connectivity index (χ1v) is 8.56. The molecule has 0 saturated carbocycles. The second-order valence-electron chi connectivity index (χ2n) is 6.18. The molecule has 0 saturated heterocycles. The Morgan fingerprint density at radius 2 is 1.69 bits per heavy atom. The summed E-state index contributed by atoms with van der Waals surface area (Å²) in [5.74, 6) is -1.94. The van der Waals surface area contributed by atoms with Crippen molar-refractivity contribution < 1.29 is 19.5 Å². The van der Waals surface area contributed by atoms with Gasteiger partial charge < -0.3 is 27.2 Å². The van der Waals surface area contributed by atoms with Crippen molar-refractivity contribution in [2.75, 3.05) is 13.1 Å². The van der Waals surface area contributed by atoms with Gasteiger partial charge in [0.15, 0.2) is 5.78 Å². The molecular formula is C18H28N4O4. The number of benzene rings is 1. The number of hydrogen-bond donors (Lipinski definition) is 5. The van der Waals surface area contributed by atoms with E-state index in [1.807, 2.05) is 18.2 Å². The molecule has 4 atom stereocenters. The van der Waals surface area contributed by atoms with E-state index in [1.165, 1.54) is 13.8 Å². The summed E-state index contributed by atoms with van der Waals surface area (Å²) in [7, 11) is 0. The van der Waals surface area contributed by atoms with Crippen LogP contribution in [0.25, 0.3) is 0 Å². The number of aliphatic hydroxyl groups excluding tert-OH is 1. The van der Waals surface area contributed by atoms with Crippen LogP contribution in [0.4, 0.5) is 0 Å². The smallest absolute Gasteiger partial charge is 0.245 e. The summed E-state index contributed by atoms with van der Waals surface area (Å²) in [5, 5.41) is 14.9. The van der Waals surface area contributed by atoms with Crippen LogP contribution in [0.5, 0.6) is 0 Å². The van der Waals surface area contributed by atoms with Gasteiger partial charge in [0, 0.05) is 6.54 Å². The Bertz CT molecular complexity index is 606. The Morgan fingerprint density at radius 3 is 2.15 bits per heavy atom. The van der Waals surface area contributed by atoms with E-state index in [1.54, 1.807) is 12.1 Å². The summed E-state index contributed by atoms with van der Waals surface area (Å²) in [5.41, 5.74) is 11.8. The lowest BCUT2D eigenvalue weighted by molar-refractivity contribution is -0.134. The van der Waals surface area contributed by atoms with E-state index in [-0.39, 0.29) is 18.9 Å². The summed E-state index contributed by atoms with van der Waals surface area (Å²) in [6, 6.07) is 6.99. The van der Waals surface area contributed by atoms with Crippen molar-refractivity contribution in [3.8, 4) is 0 Å². The summed E-state index contributed by atoms with van der Waals surface area (Å²) in [6.45, 7) is 2.91. The number of amides is 2. The topological polar surface area (TPSA) is 148 Å². The van der Waals surface area contributed by atoms with Gasteiger partial charge >= 0.3 is 0 Å². The zero-order valence-electron chi connectivity index (χ0n) is 15.1. The van der Waals surface area contributed by atoms with E-state index in [0.29, 0.717) is 6.42 Å². The molecule has 1 rings (SSSR count). The quantitative estimate of drug-likeness (QED) is 0.360. The number of hydrogen-bond acceptors (Lipinski definition) is 6. The molecule has 0 aliphatic carbocycles. The predicted octanol–water partition coefficient (Wildman–Crippen LogP) is -0.983. The first-order valence-electron chi connectivity index (χ1n) is 8.56. The van der Waals surface area contributed by atoms with Crippen molar-refractivity contribution in [1.82, 2.24) is 10.6 Å². The Hall–Kier alpha value is -2.29. The molecule has 144 valence electrons. The molecule has 0 fully saturated rings. The molecule has 0 aliphatic heterocycles. The maximum absolute atomic E-state index is 12.7. The van der Waals surface area contributed by atoms with E-state index >= 15 is 0 Å². The molecule has 26 heavy (non-hydrogen) atoms. The highest BCUT2D eigenvalue weighted by atomic mass is 16.3. The van der Waals surface area contributed by atoms with Crippen molar-refractivity contribution >= 4 is 17.6 Å². The molecule has 0 bridgehead atoms. The number of carbonyl (C=O) groups is 3. The molecule has 0 radical (unpaired) electrons. The average Bonchev–Trinajstić information content (AvgIpc) is 2.61. The summed E-state index contributed by atoms with van der Waals surface area (Å²) in [4.78, 5) is 36.5. The van der Waals surface area contributed by atoms with Crippen LogP contribution in [-0.4, -0.2) is 54.0 Å². The molecule has 0 spiro atoms. The van der Waals surface area contributed by atoms with Gasteiger partial charge in [0.05, 0.1) is 18.1 Å². The highest BCUT2D eigenvalue weighted by Gasteiger charge is 2.31. The van der Waals surface area contributed by atoms with Gasteiger partial charge in [-0.1, -0.05) is 30.3 Å². The molecule has 1 aromatic carbocycles. The van der Waals surface area contributed by atoms with Crippen molar-refractivity contribution in [2.45, 2.75) is 44.4 Å². The fourth-order valence-electron chi connectivity index (χ4n) is 2.55. The van der Waals surface area contributed by atoms with E-state index < -0.39 is 35.9 Å². The highest BCUT2D eigenvalue weighted by molar-refractivity contribution is 5.93. The lowest BCUT2D eigenvalue weighted by atomic mass is 9.94. The minimum Gasteiger partial charge on any atom is -0.391 e. The van der Waals surface area contributed by atoms with Gasteiger partial charge in [-0.3, -0.25) is 14.4 Å². The van der Waals surface area contributed by atoms with Gasteiger partial charge in [-0.05, 0) is 32.4 Å². The van der Waals surface area contributed by atoms with Crippen LogP contribution >= 0.6 is 0 Å². The van der Waals surface area contributed by atoms with E-state index in [9.17, 15) is 19.5 Å². The second-order valence-corrected chi connectivity index (χ2v) is 6.18. The minimum absolute atomic E-state index is 0.0681. The van der Waals surface area contributed by atoms with Gasteiger partial charge in [0.1, 0.15) is 6.04 Å². The zero-order chi connectivity index (χ0) is 19.7. The maximum Gasteiger partial charge on any atom is 0.245 e. The monoisotopic (exact) mass is 364 g/mol. The van der Waals surface area contributed by atoms with Crippen LogP contribution < -0.4 is 22.1 Å². The first kappa shape index (κ1) is 21.8. The molecule has 0 heterocycles. The molecule has 0 aliphatic rings. The van der Waals surface area contributed by atoms with Gasteiger partial charge in [-0.25, -0.2) is 0 Å². The third-order valence-corrected chi connectivity index (χ3v) is 4.08.